The van der Waals surface area contributed by atoms with Gasteiger partial charge in [-0.05, 0) is 23.8 Å². The van der Waals surface area contributed by atoms with E-state index in [-0.39, 0.29) is 0 Å². The SMILES string of the molecule is Cn1cnc(C#N)c1-c1ccc2c(c1)CCO2. The van der Waals surface area contributed by atoms with Gasteiger partial charge in [0.1, 0.15) is 11.8 Å². The Morgan fingerprint density at radius 3 is 3.18 bits per heavy atom. The Morgan fingerprint density at radius 2 is 2.35 bits per heavy atom. The molecule has 0 amide bonds. The Bertz CT molecular complexity index is 622. The molecule has 0 spiro atoms. The summed E-state index contributed by atoms with van der Waals surface area (Å²) in [6.45, 7) is 0.745. The lowest BCUT2D eigenvalue weighted by molar-refractivity contribution is 0.357. The van der Waals surface area contributed by atoms with E-state index in [1.165, 1.54) is 5.56 Å². The van der Waals surface area contributed by atoms with Crippen LogP contribution < -0.4 is 4.74 Å². The Kier molecular flexibility index (Phi) is 2.12. The van der Waals surface area contributed by atoms with Crippen molar-refractivity contribution in [2.75, 3.05) is 6.61 Å². The van der Waals surface area contributed by atoms with Crippen molar-refractivity contribution in [1.82, 2.24) is 9.55 Å². The van der Waals surface area contributed by atoms with Crippen LogP contribution in [0.3, 0.4) is 0 Å². The number of ether oxygens (including phenoxy) is 1. The molecule has 0 N–H and O–H groups in total. The number of hydrogen-bond donors (Lipinski definition) is 0. The van der Waals surface area contributed by atoms with Crippen LogP contribution in [0.4, 0.5) is 0 Å². The lowest BCUT2D eigenvalue weighted by Crippen LogP contribution is -1.92. The minimum absolute atomic E-state index is 0.464. The standard InChI is InChI=1S/C13H11N3O/c1-16-8-15-11(7-14)13(16)10-2-3-12-9(6-10)4-5-17-12/h2-3,6,8H,4-5H2,1H3. The van der Waals surface area contributed by atoms with E-state index in [9.17, 15) is 0 Å². The number of rotatable bonds is 1. The molecule has 4 nitrogen and oxygen atoms in total. The van der Waals surface area contributed by atoms with E-state index in [1.54, 1.807) is 6.33 Å². The molecule has 84 valence electrons. The highest BCUT2D eigenvalue weighted by Gasteiger charge is 2.16. The van der Waals surface area contributed by atoms with Crippen LogP contribution in [-0.2, 0) is 13.5 Å². The normalized spacial score (nSPS) is 12.9. The third kappa shape index (κ3) is 1.48. The minimum atomic E-state index is 0.464. The summed E-state index contributed by atoms with van der Waals surface area (Å²) in [4.78, 5) is 4.07. The molecule has 17 heavy (non-hydrogen) atoms. The monoisotopic (exact) mass is 225 g/mol. The molecule has 0 saturated carbocycles. The van der Waals surface area contributed by atoms with Crippen LogP contribution in [0.15, 0.2) is 24.5 Å². The van der Waals surface area contributed by atoms with Crippen LogP contribution in [0.25, 0.3) is 11.3 Å². The quantitative estimate of drug-likeness (QED) is 0.744. The van der Waals surface area contributed by atoms with Gasteiger partial charge in [0, 0.05) is 19.0 Å². The Balaban J connectivity index is 2.16. The molecule has 3 rings (SSSR count). The molecule has 1 aliphatic heterocycles. The minimum Gasteiger partial charge on any atom is -0.493 e. The molecule has 1 aliphatic rings. The Hall–Kier alpha value is -2.28. The number of aromatic nitrogens is 2. The number of aryl methyl sites for hydroxylation is 1. The molecule has 0 saturated heterocycles. The van der Waals surface area contributed by atoms with E-state index in [0.717, 1.165) is 30.0 Å². The van der Waals surface area contributed by atoms with E-state index in [0.29, 0.717) is 5.69 Å². The van der Waals surface area contributed by atoms with Crippen LogP contribution in [-0.4, -0.2) is 16.2 Å². The summed E-state index contributed by atoms with van der Waals surface area (Å²) >= 11 is 0. The molecule has 4 heteroatoms. The van der Waals surface area contributed by atoms with Crippen molar-refractivity contribution in [1.29, 1.82) is 5.26 Å². The Morgan fingerprint density at radius 1 is 1.47 bits per heavy atom. The summed E-state index contributed by atoms with van der Waals surface area (Å²) in [5, 5.41) is 9.04. The zero-order valence-corrected chi connectivity index (χ0v) is 9.47. The maximum absolute atomic E-state index is 9.04. The van der Waals surface area contributed by atoms with E-state index in [2.05, 4.69) is 17.1 Å². The smallest absolute Gasteiger partial charge is 0.166 e. The molecule has 0 bridgehead atoms. The van der Waals surface area contributed by atoms with Gasteiger partial charge in [0.2, 0.25) is 0 Å². The summed E-state index contributed by atoms with van der Waals surface area (Å²) in [7, 11) is 1.90. The first-order valence-electron chi connectivity index (χ1n) is 5.47. The highest BCUT2D eigenvalue weighted by Crippen LogP contribution is 2.31. The summed E-state index contributed by atoms with van der Waals surface area (Å²) in [6, 6.07) is 8.14. The molecule has 1 aromatic carbocycles. The fraction of sp³-hybridized carbons (Fsp3) is 0.231. The molecule has 0 fully saturated rings. The molecule has 2 aromatic rings. The highest BCUT2D eigenvalue weighted by molar-refractivity contribution is 5.67. The van der Waals surface area contributed by atoms with E-state index in [4.69, 9.17) is 10.00 Å². The number of benzene rings is 1. The van der Waals surface area contributed by atoms with Crippen molar-refractivity contribution in [2.24, 2.45) is 7.05 Å². The van der Waals surface area contributed by atoms with Crippen LogP contribution in [0.1, 0.15) is 11.3 Å². The predicted octanol–water partition coefficient (Wildman–Crippen LogP) is 1.89. The van der Waals surface area contributed by atoms with Gasteiger partial charge in [0.15, 0.2) is 5.69 Å². The second-order valence-corrected chi connectivity index (χ2v) is 4.09. The van der Waals surface area contributed by atoms with Gasteiger partial charge in [0.25, 0.3) is 0 Å². The van der Waals surface area contributed by atoms with E-state index >= 15 is 0 Å². The van der Waals surface area contributed by atoms with Gasteiger partial charge in [-0.25, -0.2) is 4.98 Å². The van der Waals surface area contributed by atoms with E-state index in [1.807, 2.05) is 23.7 Å². The number of hydrogen-bond acceptors (Lipinski definition) is 3. The molecule has 0 unspecified atom stereocenters. The first-order chi connectivity index (χ1) is 8.29. The van der Waals surface area contributed by atoms with Crippen molar-refractivity contribution in [3.05, 3.63) is 35.8 Å². The molecule has 2 heterocycles. The first kappa shape index (κ1) is 9.91. The van der Waals surface area contributed by atoms with Gasteiger partial charge < -0.3 is 9.30 Å². The third-order valence-corrected chi connectivity index (χ3v) is 3.01. The largest absolute Gasteiger partial charge is 0.493 e. The average Bonchev–Trinajstić information content (AvgIpc) is 2.93. The van der Waals surface area contributed by atoms with E-state index < -0.39 is 0 Å². The van der Waals surface area contributed by atoms with Crippen LogP contribution in [0.5, 0.6) is 5.75 Å². The molecular formula is C13H11N3O. The molecule has 1 aromatic heterocycles. The summed E-state index contributed by atoms with van der Waals surface area (Å²) < 4.78 is 7.34. The molecule has 0 atom stereocenters. The second kappa shape index (κ2) is 3.63. The number of fused-ring (bicyclic) bond motifs is 1. The van der Waals surface area contributed by atoms with Gasteiger partial charge in [-0.2, -0.15) is 5.26 Å². The highest BCUT2D eigenvalue weighted by atomic mass is 16.5. The van der Waals surface area contributed by atoms with Gasteiger partial charge in [-0.15, -0.1) is 0 Å². The van der Waals surface area contributed by atoms with Crippen molar-refractivity contribution >= 4 is 0 Å². The average molecular weight is 225 g/mol. The van der Waals surface area contributed by atoms with Gasteiger partial charge in [-0.3, -0.25) is 0 Å². The van der Waals surface area contributed by atoms with Crippen LogP contribution >= 0.6 is 0 Å². The first-order valence-corrected chi connectivity index (χ1v) is 5.47. The lowest BCUT2D eigenvalue weighted by atomic mass is 10.1. The predicted molar refractivity (Wildman–Crippen MR) is 62.6 cm³/mol. The number of nitrogens with zero attached hydrogens (tertiary/aromatic N) is 3. The van der Waals surface area contributed by atoms with Crippen LogP contribution in [0.2, 0.25) is 0 Å². The number of imidazole rings is 1. The van der Waals surface area contributed by atoms with Gasteiger partial charge >= 0.3 is 0 Å². The van der Waals surface area contributed by atoms with Crippen molar-refractivity contribution in [3.8, 4) is 23.1 Å². The zero-order valence-electron chi connectivity index (χ0n) is 9.47. The summed E-state index contributed by atoms with van der Waals surface area (Å²) in [6.07, 6.45) is 2.60. The summed E-state index contributed by atoms with van der Waals surface area (Å²) in [5.41, 5.74) is 3.55. The van der Waals surface area contributed by atoms with Crippen molar-refractivity contribution in [3.63, 3.8) is 0 Å². The fourth-order valence-corrected chi connectivity index (χ4v) is 2.19. The maximum Gasteiger partial charge on any atom is 0.166 e. The molecule has 0 aliphatic carbocycles. The van der Waals surface area contributed by atoms with Crippen molar-refractivity contribution < 1.29 is 4.74 Å². The van der Waals surface area contributed by atoms with Crippen LogP contribution in [0, 0.1) is 11.3 Å². The van der Waals surface area contributed by atoms with Gasteiger partial charge in [0.05, 0.1) is 18.6 Å². The molecule has 0 radical (unpaired) electrons. The lowest BCUT2D eigenvalue weighted by Gasteiger charge is -2.05. The zero-order chi connectivity index (χ0) is 11.8. The number of nitriles is 1. The maximum atomic E-state index is 9.04. The summed E-state index contributed by atoms with van der Waals surface area (Å²) in [5.74, 6) is 0.953. The Labute approximate surface area is 99.1 Å². The second-order valence-electron chi connectivity index (χ2n) is 4.09. The van der Waals surface area contributed by atoms with Gasteiger partial charge in [-0.1, -0.05) is 0 Å². The molecular weight excluding hydrogens is 214 g/mol. The fourth-order valence-electron chi connectivity index (χ4n) is 2.19. The third-order valence-electron chi connectivity index (χ3n) is 3.01. The topological polar surface area (TPSA) is 50.8 Å². The van der Waals surface area contributed by atoms with Crippen molar-refractivity contribution in [2.45, 2.75) is 6.42 Å².